The van der Waals surface area contributed by atoms with Gasteiger partial charge in [-0.3, -0.25) is 4.79 Å². The van der Waals surface area contributed by atoms with E-state index in [9.17, 15) is 37.5 Å². The van der Waals surface area contributed by atoms with Gasteiger partial charge >= 0.3 is 10.5 Å². The predicted octanol–water partition coefficient (Wildman–Crippen LogP) is 1.88. The molecule has 1 aromatic heterocycles. The highest BCUT2D eigenvalue weighted by Gasteiger charge is 2.21. The van der Waals surface area contributed by atoms with Crippen molar-refractivity contribution in [2.45, 2.75) is 0 Å². The first-order chi connectivity index (χ1) is 12.1. The van der Waals surface area contributed by atoms with Gasteiger partial charge in [-0.2, -0.15) is 8.42 Å². The molecule has 3 rings (SSSR count). The molecule has 3 aromatic rings. The summed E-state index contributed by atoms with van der Waals surface area (Å²) in [6.07, 6.45) is 0. The van der Waals surface area contributed by atoms with Crippen LogP contribution in [0.15, 0.2) is 39.5 Å². The summed E-state index contributed by atoms with van der Waals surface area (Å²) < 4.78 is 43.1. The summed E-state index contributed by atoms with van der Waals surface area (Å²) in [6.45, 7) is 0. The Kier molecular flexibility index (Phi) is 3.88. The third-order valence-electron chi connectivity index (χ3n) is 3.35. The lowest BCUT2D eigenvalue weighted by molar-refractivity contribution is 0.407. The fraction of sp³-hybridized carbons (Fsp3) is 0. The van der Waals surface area contributed by atoms with Gasteiger partial charge in [0.2, 0.25) is 11.2 Å². The lowest BCUT2D eigenvalue weighted by Gasteiger charge is -2.09. The number of phenolic OH excluding ortho intramolecular Hbond substituents is 3. The lowest BCUT2D eigenvalue weighted by Crippen LogP contribution is -2.04. The van der Waals surface area contributed by atoms with Crippen LogP contribution < -0.4 is 9.61 Å². The van der Waals surface area contributed by atoms with Gasteiger partial charge in [0.1, 0.15) is 22.5 Å². The maximum absolute atomic E-state index is 12.7. The number of fused-ring (bicyclic) bond motifs is 1. The molecule has 0 unspecified atom stereocenters. The van der Waals surface area contributed by atoms with Crippen molar-refractivity contribution in [1.29, 1.82) is 0 Å². The molecule has 11 heteroatoms. The Morgan fingerprint density at radius 1 is 1.00 bits per heavy atom. The van der Waals surface area contributed by atoms with Gasteiger partial charge < -0.3 is 29.0 Å². The molecule has 0 radical (unpaired) electrons. The molecule has 0 aliphatic heterocycles. The van der Waals surface area contributed by atoms with Crippen molar-refractivity contribution in [3.8, 4) is 40.1 Å². The third-order valence-corrected chi connectivity index (χ3v) is 3.73. The molecule has 0 aliphatic rings. The van der Waals surface area contributed by atoms with Crippen molar-refractivity contribution < 1.29 is 41.3 Å². The van der Waals surface area contributed by atoms with Crippen LogP contribution in [0.3, 0.4) is 0 Å². The molecular formula is C15H9FO9S. The first-order valence-electron chi connectivity index (χ1n) is 6.76. The molecule has 136 valence electrons. The van der Waals surface area contributed by atoms with E-state index in [0.717, 1.165) is 30.3 Å². The molecule has 0 amide bonds. The maximum atomic E-state index is 12.7. The van der Waals surface area contributed by atoms with Crippen LogP contribution >= 0.6 is 0 Å². The largest absolute Gasteiger partial charge is 0.508 e. The van der Waals surface area contributed by atoms with Crippen LogP contribution in [-0.2, 0) is 10.5 Å². The van der Waals surface area contributed by atoms with E-state index in [4.69, 9.17) is 4.42 Å². The molecular weight excluding hydrogens is 375 g/mol. The Balaban J connectivity index is 2.28. The fourth-order valence-corrected chi connectivity index (χ4v) is 2.65. The SMILES string of the molecule is O=c1c(O)c(-c2ccc(O)c(OS(=O)(=O)F)c2)oc2cc(O)cc(O)c12. The first kappa shape index (κ1) is 17.4. The standard InChI is InChI=1S/C15H9FO9S/c16-26(22,23)25-10-3-6(1-2-8(10)18)15-14(21)13(20)12-9(19)4-7(17)5-11(12)24-15/h1-5,17-19,21H. The number of hydrogen-bond acceptors (Lipinski definition) is 9. The molecule has 4 N–H and O–H groups in total. The van der Waals surface area contributed by atoms with Crippen LogP contribution in [0.1, 0.15) is 0 Å². The van der Waals surface area contributed by atoms with Crippen molar-refractivity contribution in [2.75, 3.05) is 0 Å². The normalized spacial score (nSPS) is 11.6. The molecule has 0 aliphatic carbocycles. The van der Waals surface area contributed by atoms with Crippen molar-refractivity contribution >= 4 is 21.5 Å². The van der Waals surface area contributed by atoms with Crippen LogP contribution in [0.2, 0.25) is 0 Å². The van der Waals surface area contributed by atoms with E-state index in [1.807, 2.05) is 0 Å². The summed E-state index contributed by atoms with van der Waals surface area (Å²) in [7, 11) is -5.44. The number of phenols is 3. The second kappa shape index (κ2) is 5.81. The first-order valence-corrected chi connectivity index (χ1v) is 8.07. The van der Waals surface area contributed by atoms with Gasteiger partial charge in [-0.25, -0.2) is 0 Å². The molecule has 26 heavy (non-hydrogen) atoms. The number of halogens is 1. The zero-order chi connectivity index (χ0) is 19.2. The fourth-order valence-electron chi connectivity index (χ4n) is 2.30. The van der Waals surface area contributed by atoms with Gasteiger partial charge in [-0.1, -0.05) is 3.89 Å². The molecule has 0 fully saturated rings. The number of rotatable bonds is 3. The van der Waals surface area contributed by atoms with Gasteiger partial charge in [-0.05, 0) is 18.2 Å². The Bertz CT molecular complexity index is 1200. The Morgan fingerprint density at radius 2 is 1.69 bits per heavy atom. The second-order valence-electron chi connectivity index (χ2n) is 5.11. The van der Waals surface area contributed by atoms with Crippen LogP contribution in [0.5, 0.6) is 28.7 Å². The summed E-state index contributed by atoms with van der Waals surface area (Å²) in [5.41, 5.74) is -1.47. The van der Waals surface area contributed by atoms with E-state index in [-0.39, 0.29) is 11.1 Å². The van der Waals surface area contributed by atoms with Gasteiger partial charge in [0.15, 0.2) is 17.3 Å². The number of hydrogen-bond donors (Lipinski definition) is 4. The van der Waals surface area contributed by atoms with E-state index >= 15 is 0 Å². The second-order valence-corrected chi connectivity index (χ2v) is 6.06. The van der Waals surface area contributed by atoms with Crippen molar-refractivity contribution in [1.82, 2.24) is 0 Å². The number of aromatic hydroxyl groups is 4. The van der Waals surface area contributed by atoms with E-state index in [1.165, 1.54) is 0 Å². The zero-order valence-electron chi connectivity index (χ0n) is 12.5. The quantitative estimate of drug-likeness (QED) is 0.495. The highest BCUT2D eigenvalue weighted by atomic mass is 32.3. The van der Waals surface area contributed by atoms with Crippen molar-refractivity contribution in [3.63, 3.8) is 0 Å². The average Bonchev–Trinajstić information content (AvgIpc) is 2.51. The van der Waals surface area contributed by atoms with Crippen LogP contribution in [-0.4, -0.2) is 28.8 Å². The van der Waals surface area contributed by atoms with Gasteiger partial charge in [0.05, 0.1) is 0 Å². The minimum Gasteiger partial charge on any atom is -0.508 e. The highest BCUT2D eigenvalue weighted by Crippen LogP contribution is 2.38. The van der Waals surface area contributed by atoms with Crippen LogP contribution in [0, 0.1) is 0 Å². The van der Waals surface area contributed by atoms with Gasteiger partial charge in [-0.15, -0.1) is 0 Å². The highest BCUT2D eigenvalue weighted by molar-refractivity contribution is 7.81. The minimum absolute atomic E-state index is 0.152. The summed E-state index contributed by atoms with van der Waals surface area (Å²) in [5.74, 6) is -4.03. The molecule has 0 atom stereocenters. The van der Waals surface area contributed by atoms with E-state index in [0.29, 0.717) is 0 Å². The summed E-state index contributed by atoms with van der Waals surface area (Å²) >= 11 is 0. The monoisotopic (exact) mass is 384 g/mol. The van der Waals surface area contributed by atoms with E-state index in [2.05, 4.69) is 4.18 Å². The molecule has 2 aromatic carbocycles. The molecule has 1 heterocycles. The molecule has 9 nitrogen and oxygen atoms in total. The minimum atomic E-state index is -5.44. The Labute approximate surface area is 144 Å². The van der Waals surface area contributed by atoms with Crippen molar-refractivity contribution in [3.05, 3.63) is 40.6 Å². The summed E-state index contributed by atoms with van der Waals surface area (Å²) in [4.78, 5) is 12.2. The Morgan fingerprint density at radius 3 is 2.35 bits per heavy atom. The molecule has 0 saturated carbocycles. The van der Waals surface area contributed by atoms with E-state index < -0.39 is 55.8 Å². The summed E-state index contributed by atoms with van der Waals surface area (Å²) in [6, 6.07) is 4.72. The predicted molar refractivity (Wildman–Crippen MR) is 85.2 cm³/mol. The molecule has 0 bridgehead atoms. The molecule has 0 saturated heterocycles. The lowest BCUT2D eigenvalue weighted by atomic mass is 10.1. The number of benzene rings is 2. The van der Waals surface area contributed by atoms with Gasteiger partial charge in [0.25, 0.3) is 0 Å². The Hall–Kier alpha value is -3.47. The topological polar surface area (TPSA) is 154 Å². The smallest absolute Gasteiger partial charge is 0.488 e. The molecule has 0 spiro atoms. The van der Waals surface area contributed by atoms with Gasteiger partial charge in [0, 0.05) is 17.7 Å². The van der Waals surface area contributed by atoms with Crippen LogP contribution in [0.4, 0.5) is 3.89 Å². The third kappa shape index (κ3) is 3.07. The van der Waals surface area contributed by atoms with Crippen LogP contribution in [0.25, 0.3) is 22.3 Å². The average molecular weight is 384 g/mol. The van der Waals surface area contributed by atoms with Crippen molar-refractivity contribution in [2.24, 2.45) is 0 Å². The zero-order valence-corrected chi connectivity index (χ0v) is 13.3. The van der Waals surface area contributed by atoms with E-state index in [1.54, 1.807) is 0 Å². The summed E-state index contributed by atoms with van der Waals surface area (Å²) in [5, 5.41) is 38.4. The maximum Gasteiger partial charge on any atom is 0.488 e.